The molecule has 1 unspecified atom stereocenters. The van der Waals surface area contributed by atoms with Crippen LogP contribution in [0.2, 0.25) is 0 Å². The second-order valence-electron chi connectivity index (χ2n) is 3.08. The highest BCUT2D eigenvalue weighted by atomic mass is 32.1. The van der Waals surface area contributed by atoms with Crippen molar-refractivity contribution in [3.05, 3.63) is 16.1 Å². The summed E-state index contributed by atoms with van der Waals surface area (Å²) in [5, 5.41) is 3.01. The summed E-state index contributed by atoms with van der Waals surface area (Å²) in [6.07, 6.45) is 0. The Morgan fingerprint density at radius 1 is 1.77 bits per heavy atom. The zero-order valence-corrected chi connectivity index (χ0v) is 8.39. The number of aromatic nitrogens is 1. The zero-order valence-electron chi connectivity index (χ0n) is 7.57. The summed E-state index contributed by atoms with van der Waals surface area (Å²) >= 11 is 1.54. The van der Waals surface area contributed by atoms with E-state index in [9.17, 15) is 4.79 Å². The third-order valence-electron chi connectivity index (χ3n) is 2.23. The van der Waals surface area contributed by atoms with Gasteiger partial charge in [0.1, 0.15) is 6.04 Å². The van der Waals surface area contributed by atoms with E-state index in [4.69, 9.17) is 0 Å². The summed E-state index contributed by atoms with van der Waals surface area (Å²) in [4.78, 5) is 18.6. The monoisotopic (exact) mass is 197 g/mol. The van der Waals surface area contributed by atoms with Gasteiger partial charge in [-0.1, -0.05) is 0 Å². The fourth-order valence-corrected chi connectivity index (χ4v) is 2.42. The van der Waals surface area contributed by atoms with E-state index in [1.54, 1.807) is 35.8 Å². The first-order valence-electron chi connectivity index (χ1n) is 4.08. The lowest BCUT2D eigenvalue weighted by Gasteiger charge is -2.27. The molecule has 2 rings (SSSR count). The van der Waals surface area contributed by atoms with Crippen LogP contribution in [-0.4, -0.2) is 29.9 Å². The molecule has 0 saturated heterocycles. The molecule has 1 aliphatic heterocycles. The van der Waals surface area contributed by atoms with Gasteiger partial charge in [-0.3, -0.25) is 4.79 Å². The van der Waals surface area contributed by atoms with Crippen LogP contribution < -0.4 is 5.32 Å². The number of carbonyl (C=O) groups is 1. The van der Waals surface area contributed by atoms with Crippen molar-refractivity contribution in [1.82, 2.24) is 15.2 Å². The van der Waals surface area contributed by atoms with Gasteiger partial charge in [0.2, 0.25) is 5.91 Å². The van der Waals surface area contributed by atoms with Gasteiger partial charge < -0.3 is 10.2 Å². The lowest BCUT2D eigenvalue weighted by Crippen LogP contribution is -2.41. The highest BCUT2D eigenvalue weighted by Gasteiger charge is 2.31. The SMILES string of the molecule is CNC1C(=O)N(C)Cc2ncsc21. The minimum atomic E-state index is -0.193. The molecule has 1 N–H and O–H groups in total. The largest absolute Gasteiger partial charge is 0.338 e. The van der Waals surface area contributed by atoms with Crippen LogP contribution in [0.25, 0.3) is 0 Å². The number of likely N-dealkylation sites (N-methyl/N-ethyl adjacent to an activating group) is 2. The molecule has 5 heteroatoms. The van der Waals surface area contributed by atoms with Gasteiger partial charge in [-0.05, 0) is 7.05 Å². The van der Waals surface area contributed by atoms with Gasteiger partial charge in [0.05, 0.1) is 22.6 Å². The quantitative estimate of drug-likeness (QED) is 0.707. The summed E-state index contributed by atoms with van der Waals surface area (Å²) in [6.45, 7) is 0.635. The van der Waals surface area contributed by atoms with E-state index in [0.717, 1.165) is 10.6 Å². The van der Waals surface area contributed by atoms with E-state index < -0.39 is 0 Å². The number of hydrogen-bond donors (Lipinski definition) is 1. The molecule has 1 atom stereocenters. The average molecular weight is 197 g/mol. The Morgan fingerprint density at radius 2 is 2.54 bits per heavy atom. The minimum Gasteiger partial charge on any atom is -0.338 e. The van der Waals surface area contributed by atoms with Crippen LogP contribution in [0.15, 0.2) is 5.51 Å². The molecule has 0 aromatic carbocycles. The molecule has 70 valence electrons. The Labute approximate surface area is 80.6 Å². The van der Waals surface area contributed by atoms with Crippen molar-refractivity contribution < 1.29 is 4.79 Å². The van der Waals surface area contributed by atoms with Crippen LogP contribution in [0.4, 0.5) is 0 Å². The smallest absolute Gasteiger partial charge is 0.245 e. The van der Waals surface area contributed by atoms with Crippen molar-refractivity contribution in [3.8, 4) is 0 Å². The van der Waals surface area contributed by atoms with Crippen molar-refractivity contribution in [2.75, 3.05) is 14.1 Å². The maximum atomic E-state index is 11.7. The minimum absolute atomic E-state index is 0.124. The van der Waals surface area contributed by atoms with E-state index in [2.05, 4.69) is 10.3 Å². The van der Waals surface area contributed by atoms with E-state index >= 15 is 0 Å². The fraction of sp³-hybridized carbons (Fsp3) is 0.500. The van der Waals surface area contributed by atoms with Crippen LogP contribution in [0, 0.1) is 0 Å². The number of nitrogens with one attached hydrogen (secondary N) is 1. The number of rotatable bonds is 1. The first kappa shape index (κ1) is 8.65. The Balaban J connectivity index is 2.43. The average Bonchev–Trinajstić information content (AvgIpc) is 2.54. The maximum Gasteiger partial charge on any atom is 0.245 e. The number of thiazole rings is 1. The third kappa shape index (κ3) is 1.24. The molecule has 1 aromatic heterocycles. The van der Waals surface area contributed by atoms with Crippen LogP contribution in [0.5, 0.6) is 0 Å². The zero-order chi connectivity index (χ0) is 9.42. The van der Waals surface area contributed by atoms with Crippen LogP contribution in [0.3, 0.4) is 0 Å². The van der Waals surface area contributed by atoms with Gasteiger partial charge >= 0.3 is 0 Å². The van der Waals surface area contributed by atoms with E-state index in [-0.39, 0.29) is 11.9 Å². The number of carbonyl (C=O) groups excluding carboxylic acids is 1. The fourth-order valence-electron chi connectivity index (χ4n) is 1.52. The van der Waals surface area contributed by atoms with Crippen LogP contribution in [-0.2, 0) is 11.3 Å². The third-order valence-corrected chi connectivity index (χ3v) is 3.17. The van der Waals surface area contributed by atoms with Crippen LogP contribution in [0.1, 0.15) is 16.6 Å². The van der Waals surface area contributed by atoms with Gasteiger partial charge in [0.15, 0.2) is 0 Å². The van der Waals surface area contributed by atoms with E-state index in [1.165, 1.54) is 0 Å². The topological polar surface area (TPSA) is 45.2 Å². The summed E-state index contributed by atoms with van der Waals surface area (Å²) < 4.78 is 0. The Morgan fingerprint density at radius 3 is 3.23 bits per heavy atom. The first-order valence-corrected chi connectivity index (χ1v) is 4.96. The molecule has 0 saturated carbocycles. The van der Waals surface area contributed by atoms with Gasteiger partial charge in [-0.15, -0.1) is 11.3 Å². The molecule has 0 radical (unpaired) electrons. The molecule has 0 aliphatic carbocycles. The number of amides is 1. The number of hydrogen-bond acceptors (Lipinski definition) is 4. The lowest BCUT2D eigenvalue weighted by atomic mass is 10.1. The molecule has 2 heterocycles. The molecule has 1 amide bonds. The normalized spacial score (nSPS) is 21.8. The Bertz CT molecular complexity index is 336. The number of fused-ring (bicyclic) bond motifs is 1. The first-order chi connectivity index (χ1) is 6.24. The summed E-state index contributed by atoms with van der Waals surface area (Å²) in [6, 6.07) is -0.193. The van der Waals surface area contributed by atoms with Crippen molar-refractivity contribution in [3.63, 3.8) is 0 Å². The Kier molecular flexibility index (Phi) is 2.05. The molecule has 13 heavy (non-hydrogen) atoms. The van der Waals surface area contributed by atoms with E-state index in [1.807, 2.05) is 0 Å². The molecular weight excluding hydrogens is 186 g/mol. The van der Waals surface area contributed by atoms with E-state index in [0.29, 0.717) is 6.54 Å². The Hall–Kier alpha value is -0.940. The van der Waals surface area contributed by atoms with Crippen molar-refractivity contribution in [2.45, 2.75) is 12.6 Å². The molecule has 0 fully saturated rings. The van der Waals surface area contributed by atoms with Gasteiger partial charge in [-0.2, -0.15) is 0 Å². The molecular formula is C8H11N3OS. The molecule has 1 aromatic rings. The summed E-state index contributed by atoms with van der Waals surface area (Å²) in [5.74, 6) is 0.124. The van der Waals surface area contributed by atoms with Crippen molar-refractivity contribution in [1.29, 1.82) is 0 Å². The molecule has 0 bridgehead atoms. The highest BCUT2D eigenvalue weighted by molar-refractivity contribution is 7.10. The number of nitrogens with zero attached hydrogens (tertiary/aromatic N) is 2. The van der Waals surface area contributed by atoms with Crippen LogP contribution >= 0.6 is 11.3 Å². The van der Waals surface area contributed by atoms with Crippen molar-refractivity contribution >= 4 is 17.2 Å². The predicted molar refractivity (Wildman–Crippen MR) is 50.4 cm³/mol. The summed E-state index contributed by atoms with van der Waals surface area (Å²) in [5.41, 5.74) is 2.81. The van der Waals surface area contributed by atoms with Gasteiger partial charge in [-0.25, -0.2) is 4.98 Å². The highest BCUT2D eigenvalue weighted by Crippen LogP contribution is 2.28. The standard InChI is InChI=1S/C8H11N3OS/c1-9-6-7-5(10-4-13-7)3-11(2)8(6)12/h4,6,9H,3H2,1-2H3. The molecule has 4 nitrogen and oxygen atoms in total. The summed E-state index contributed by atoms with van der Waals surface area (Å²) in [7, 11) is 3.60. The molecule has 1 aliphatic rings. The molecule has 0 spiro atoms. The van der Waals surface area contributed by atoms with Gasteiger partial charge in [0.25, 0.3) is 0 Å². The van der Waals surface area contributed by atoms with Gasteiger partial charge in [0, 0.05) is 7.05 Å². The lowest BCUT2D eigenvalue weighted by molar-refractivity contribution is -0.133. The second-order valence-corrected chi connectivity index (χ2v) is 3.97. The predicted octanol–water partition coefficient (Wildman–Crippen LogP) is 0.376. The van der Waals surface area contributed by atoms with Crippen molar-refractivity contribution in [2.24, 2.45) is 0 Å². The maximum absolute atomic E-state index is 11.7. The second kappa shape index (κ2) is 3.08.